The number of aliphatic hydroxyl groups is 4. The van der Waals surface area contributed by atoms with Gasteiger partial charge in [0.1, 0.15) is 0 Å². The molecule has 5 fully saturated rings. The molecule has 5 rings (SSSR count). The number of hydrogen-bond donors (Lipinski definition) is 4. The quantitative estimate of drug-likeness (QED) is 0.414. The maximum atomic E-state index is 12.9. The van der Waals surface area contributed by atoms with Crippen LogP contribution in [0.2, 0.25) is 0 Å². The maximum absolute atomic E-state index is 12.9. The molecule has 0 aromatic carbocycles. The monoisotopic (exact) mass is 476 g/mol. The molecule has 4 heteroatoms. The average Bonchev–Trinajstić information content (AvgIpc) is 2.76. The molecule has 4 nitrogen and oxygen atoms in total. The van der Waals surface area contributed by atoms with Crippen molar-refractivity contribution in [2.24, 2.45) is 50.2 Å². The zero-order chi connectivity index (χ0) is 25.2. The topological polar surface area (TPSA) is 80.9 Å². The van der Waals surface area contributed by atoms with E-state index in [4.69, 9.17) is 0 Å². The first kappa shape index (κ1) is 25.5. The molecule has 0 spiro atoms. The first-order valence-corrected chi connectivity index (χ1v) is 14.2. The second-order valence-corrected chi connectivity index (χ2v) is 15.8. The summed E-state index contributed by atoms with van der Waals surface area (Å²) in [4.78, 5) is 0. The molecular formula is C30H52O4. The van der Waals surface area contributed by atoms with Gasteiger partial charge in [-0.1, -0.05) is 48.5 Å². The molecule has 5 aliphatic rings. The van der Waals surface area contributed by atoms with Crippen molar-refractivity contribution >= 4 is 0 Å². The fourth-order valence-electron chi connectivity index (χ4n) is 11.4. The molecule has 0 amide bonds. The van der Waals surface area contributed by atoms with Crippen molar-refractivity contribution in [2.45, 2.75) is 130 Å². The Morgan fingerprint density at radius 1 is 0.706 bits per heavy atom. The van der Waals surface area contributed by atoms with Crippen molar-refractivity contribution in [3.05, 3.63) is 0 Å². The van der Waals surface area contributed by atoms with Crippen LogP contribution >= 0.6 is 0 Å². The van der Waals surface area contributed by atoms with Gasteiger partial charge in [-0.15, -0.1) is 0 Å². The summed E-state index contributed by atoms with van der Waals surface area (Å²) in [5.41, 5.74) is -1.88. The summed E-state index contributed by atoms with van der Waals surface area (Å²) in [6.45, 7) is 16.4. The van der Waals surface area contributed by atoms with Gasteiger partial charge in [-0.05, 0) is 109 Å². The maximum Gasteiger partial charge on any atom is 0.0998 e. The van der Waals surface area contributed by atoms with Gasteiger partial charge in [0, 0.05) is 12.0 Å². The Morgan fingerprint density at radius 3 is 2.00 bits per heavy atom. The van der Waals surface area contributed by atoms with Gasteiger partial charge in [-0.2, -0.15) is 0 Å². The van der Waals surface area contributed by atoms with Gasteiger partial charge in [0.25, 0.3) is 0 Å². The molecule has 196 valence electrons. The van der Waals surface area contributed by atoms with E-state index in [2.05, 4.69) is 48.5 Å². The zero-order valence-corrected chi connectivity index (χ0v) is 23.0. The van der Waals surface area contributed by atoms with Gasteiger partial charge < -0.3 is 20.4 Å². The van der Waals surface area contributed by atoms with Crippen molar-refractivity contribution in [1.29, 1.82) is 0 Å². The molecule has 34 heavy (non-hydrogen) atoms. The van der Waals surface area contributed by atoms with Gasteiger partial charge in [0.2, 0.25) is 0 Å². The number of hydrogen-bond acceptors (Lipinski definition) is 4. The Kier molecular flexibility index (Phi) is 5.42. The van der Waals surface area contributed by atoms with Crippen molar-refractivity contribution < 1.29 is 20.4 Å². The molecular weight excluding hydrogens is 424 g/mol. The minimum atomic E-state index is -1.18. The van der Waals surface area contributed by atoms with E-state index < -0.39 is 17.1 Å². The van der Waals surface area contributed by atoms with Gasteiger partial charge >= 0.3 is 0 Å². The van der Waals surface area contributed by atoms with Crippen molar-refractivity contribution in [3.63, 3.8) is 0 Å². The summed E-state index contributed by atoms with van der Waals surface area (Å²) in [7, 11) is 0. The third-order valence-corrected chi connectivity index (χ3v) is 13.9. The third kappa shape index (κ3) is 2.81. The predicted molar refractivity (Wildman–Crippen MR) is 135 cm³/mol. The Balaban J connectivity index is 1.62. The highest BCUT2D eigenvalue weighted by Crippen LogP contribution is 2.77. The van der Waals surface area contributed by atoms with Crippen molar-refractivity contribution in [1.82, 2.24) is 0 Å². The Bertz CT molecular complexity index is 838. The Labute approximate surface area is 207 Å². The lowest BCUT2D eigenvalue weighted by atomic mass is 9.29. The summed E-state index contributed by atoms with van der Waals surface area (Å²) >= 11 is 0. The summed E-state index contributed by atoms with van der Waals surface area (Å²) < 4.78 is 0. The summed E-state index contributed by atoms with van der Waals surface area (Å²) in [5, 5.41) is 46.5. The largest absolute Gasteiger partial charge is 0.396 e. The minimum Gasteiger partial charge on any atom is -0.396 e. The van der Waals surface area contributed by atoms with Crippen LogP contribution in [0.25, 0.3) is 0 Å². The summed E-state index contributed by atoms with van der Waals surface area (Å²) in [6, 6.07) is 0. The standard InChI is InChI=1S/C30H52O4/c1-24(2)12-14-29(18-31)15-13-28(7)27(6)11-8-19-25(3,4)22(32)9-10-26(19,5)20(27)16-23(33)30(28,34)21(29)17-24/h19-23,31-34H,8-18H2,1-7H3/t19-,20+,21?,22-,23-,26-,27+,28-,29?,30+/m0/s1. The van der Waals surface area contributed by atoms with E-state index in [1.807, 2.05) is 0 Å². The smallest absolute Gasteiger partial charge is 0.0998 e. The lowest BCUT2D eigenvalue weighted by molar-refractivity contribution is -0.347. The van der Waals surface area contributed by atoms with E-state index in [1.165, 1.54) is 0 Å². The highest BCUT2D eigenvalue weighted by atomic mass is 16.3. The molecule has 2 unspecified atom stereocenters. The van der Waals surface area contributed by atoms with Crippen LogP contribution in [0.3, 0.4) is 0 Å². The van der Waals surface area contributed by atoms with Gasteiger partial charge in [-0.3, -0.25) is 0 Å². The number of fused-ring (bicyclic) bond motifs is 7. The lowest BCUT2D eigenvalue weighted by Gasteiger charge is -2.76. The van der Waals surface area contributed by atoms with Crippen LogP contribution in [-0.2, 0) is 0 Å². The van der Waals surface area contributed by atoms with E-state index in [9.17, 15) is 20.4 Å². The first-order chi connectivity index (χ1) is 15.5. The lowest BCUT2D eigenvalue weighted by Crippen LogP contribution is -2.78. The fourth-order valence-corrected chi connectivity index (χ4v) is 11.4. The molecule has 5 aliphatic carbocycles. The Morgan fingerprint density at radius 2 is 1.35 bits per heavy atom. The molecule has 0 bridgehead atoms. The first-order valence-electron chi connectivity index (χ1n) is 14.2. The van der Waals surface area contributed by atoms with Gasteiger partial charge in [-0.25, -0.2) is 0 Å². The minimum absolute atomic E-state index is 0.0540. The molecule has 0 aromatic rings. The van der Waals surface area contributed by atoms with Crippen LogP contribution in [0.5, 0.6) is 0 Å². The van der Waals surface area contributed by atoms with Crippen molar-refractivity contribution in [2.75, 3.05) is 6.61 Å². The summed E-state index contributed by atoms with van der Waals surface area (Å²) in [5.74, 6) is 0.678. The Hall–Kier alpha value is -0.160. The third-order valence-electron chi connectivity index (χ3n) is 13.9. The van der Waals surface area contributed by atoms with E-state index >= 15 is 0 Å². The van der Waals surface area contributed by atoms with E-state index in [0.29, 0.717) is 18.3 Å². The highest BCUT2D eigenvalue weighted by Gasteiger charge is 2.77. The molecule has 10 atom stereocenters. The second kappa shape index (κ2) is 7.23. The average molecular weight is 477 g/mol. The SMILES string of the molecule is CC1(C)CCC2(CO)CC[C@]3(C)[C@@](O)(C2C1)[C@@H](O)C[C@@H]1[C@@]2(C)CC[C@H](O)C(C)(C)[C@@H]2CC[C@]13C. The molecule has 0 radical (unpaired) electrons. The van der Waals surface area contributed by atoms with Crippen LogP contribution in [0.4, 0.5) is 0 Å². The van der Waals surface area contributed by atoms with E-state index in [1.54, 1.807) is 0 Å². The molecule has 4 N–H and O–H groups in total. The van der Waals surface area contributed by atoms with Crippen LogP contribution in [0.15, 0.2) is 0 Å². The van der Waals surface area contributed by atoms with Crippen LogP contribution in [0.1, 0.15) is 113 Å². The van der Waals surface area contributed by atoms with E-state index in [0.717, 1.165) is 57.8 Å². The molecule has 0 aliphatic heterocycles. The number of rotatable bonds is 1. The van der Waals surface area contributed by atoms with Crippen LogP contribution in [-0.4, -0.2) is 44.8 Å². The summed E-state index contributed by atoms with van der Waals surface area (Å²) in [6.07, 6.45) is 8.26. The van der Waals surface area contributed by atoms with Gasteiger partial charge in [0.05, 0.1) is 17.8 Å². The molecule has 0 aromatic heterocycles. The molecule has 0 saturated heterocycles. The highest BCUT2D eigenvalue weighted by molar-refractivity contribution is 5.26. The van der Waals surface area contributed by atoms with Crippen LogP contribution in [0, 0.1) is 50.2 Å². The number of aliphatic hydroxyl groups excluding tert-OH is 3. The van der Waals surface area contributed by atoms with Crippen molar-refractivity contribution in [3.8, 4) is 0 Å². The van der Waals surface area contributed by atoms with Gasteiger partial charge in [0.15, 0.2) is 0 Å². The van der Waals surface area contributed by atoms with Crippen LogP contribution < -0.4 is 0 Å². The predicted octanol–water partition coefficient (Wildman–Crippen LogP) is 5.31. The zero-order valence-electron chi connectivity index (χ0n) is 23.0. The second-order valence-electron chi connectivity index (χ2n) is 15.8. The van der Waals surface area contributed by atoms with E-state index in [-0.39, 0.29) is 45.7 Å². The molecule has 5 saturated carbocycles. The normalized spacial score (nSPS) is 58.1. The molecule has 0 heterocycles. The fraction of sp³-hybridized carbons (Fsp3) is 1.00.